The van der Waals surface area contributed by atoms with Crippen LogP contribution in [0.15, 0.2) is 0 Å². The second kappa shape index (κ2) is 11.3. The summed E-state index contributed by atoms with van der Waals surface area (Å²) in [7, 11) is 0. The van der Waals surface area contributed by atoms with E-state index in [1.54, 1.807) is 0 Å². The van der Waals surface area contributed by atoms with Gasteiger partial charge in [0.25, 0.3) is 0 Å². The molecular formula is C2H3IKO2Zn. The predicted molar refractivity (Wildman–Crippen MR) is 11.8 cm³/mol. The van der Waals surface area contributed by atoms with Crippen molar-refractivity contribution in [2.75, 3.05) is 0 Å². The van der Waals surface area contributed by atoms with E-state index in [0.717, 1.165) is 0 Å². The molecule has 0 amide bonds. The van der Waals surface area contributed by atoms with Crippen molar-refractivity contribution < 1.29 is 102 Å². The molecule has 0 N–H and O–H groups in total. The van der Waals surface area contributed by atoms with E-state index in [2.05, 4.69) is 3.56 Å². The van der Waals surface area contributed by atoms with Crippen molar-refractivity contribution in [2.24, 2.45) is 0 Å². The van der Waals surface area contributed by atoms with Crippen molar-refractivity contribution in [3.63, 3.8) is 0 Å². The summed E-state index contributed by atoms with van der Waals surface area (Å²) < 4.78 is 4.24. The molecule has 0 radical (unpaired) electrons. The molecule has 0 bridgehead atoms. The summed E-state index contributed by atoms with van der Waals surface area (Å²) in [6.45, 7) is 1.39. The van der Waals surface area contributed by atoms with E-state index >= 15 is 0 Å². The van der Waals surface area contributed by atoms with Gasteiger partial charge in [-0.15, -0.1) is 0 Å². The van der Waals surface area contributed by atoms with Gasteiger partial charge in [0.05, 0.1) is 0 Å². The molecule has 0 unspecified atom stereocenters. The van der Waals surface area contributed by atoms with E-state index in [4.69, 9.17) is 0 Å². The fraction of sp³-hybridized carbons (Fsp3) is 0.500. The molecule has 0 spiro atoms. The molecule has 0 saturated heterocycles. The number of carbonyl (C=O) groups is 1. The first-order valence-corrected chi connectivity index (χ1v) is 2.41. The topological polar surface area (TPSA) is 26.3 Å². The van der Waals surface area contributed by atoms with Crippen LogP contribution in [0.1, 0.15) is 6.92 Å². The predicted octanol–water partition coefficient (Wildman–Crippen LogP) is -5.98. The molecule has 0 aromatic carbocycles. The van der Waals surface area contributed by atoms with Gasteiger partial charge in [0.2, 0.25) is 0 Å². The summed E-state index contributed by atoms with van der Waals surface area (Å²) in [5.41, 5.74) is 0. The Morgan fingerprint density at radius 1 is 1.71 bits per heavy atom. The fourth-order valence-electron chi connectivity index (χ4n) is 0. The van der Waals surface area contributed by atoms with E-state index in [1.165, 1.54) is 6.92 Å². The van der Waals surface area contributed by atoms with Crippen LogP contribution in [0.5, 0.6) is 0 Å². The SMILES string of the molecule is CC(=O)[O][Zn].[I-].[K+]. The Bertz CT molecular complexity index is 51.0. The van der Waals surface area contributed by atoms with Crippen LogP contribution in [0, 0.1) is 0 Å². The smallest absolute Gasteiger partial charge is 1.00 e. The maximum Gasteiger partial charge on any atom is 1.00 e. The Labute approximate surface area is 113 Å². The summed E-state index contributed by atoms with van der Waals surface area (Å²) in [4.78, 5) is 9.62. The van der Waals surface area contributed by atoms with Gasteiger partial charge in [-0.05, 0) is 0 Å². The van der Waals surface area contributed by atoms with Crippen LogP contribution in [-0.2, 0) is 27.0 Å². The van der Waals surface area contributed by atoms with Crippen LogP contribution in [0.2, 0.25) is 0 Å². The zero-order chi connectivity index (χ0) is 4.28. The zero-order valence-electron chi connectivity index (χ0n) is 4.40. The van der Waals surface area contributed by atoms with Gasteiger partial charge >= 0.3 is 91.3 Å². The Morgan fingerprint density at radius 3 is 1.86 bits per heavy atom. The summed E-state index contributed by atoms with van der Waals surface area (Å²) in [5, 5.41) is 0. The van der Waals surface area contributed by atoms with E-state index in [0.29, 0.717) is 18.7 Å². The molecule has 0 aliphatic heterocycles. The molecule has 0 atom stereocenters. The maximum atomic E-state index is 9.62. The molecule has 0 fully saturated rings. The molecule has 5 heteroatoms. The van der Waals surface area contributed by atoms with Crippen molar-refractivity contribution in [3.05, 3.63) is 0 Å². The number of halogens is 1. The largest absolute Gasteiger partial charge is 1.00 e. The first-order chi connectivity index (χ1) is 2.27. The molecule has 0 rings (SSSR count). The Kier molecular flexibility index (Phi) is 26.1. The number of rotatable bonds is 0. The quantitative estimate of drug-likeness (QED) is 0.328. The minimum Gasteiger partial charge on any atom is -1.00 e. The Balaban J connectivity index is -0.0000000800. The third-order valence-corrected chi connectivity index (χ3v) is 1.06. The van der Waals surface area contributed by atoms with Gasteiger partial charge in [-0.1, -0.05) is 0 Å². The van der Waals surface area contributed by atoms with Crippen LogP contribution in [0.25, 0.3) is 0 Å². The van der Waals surface area contributed by atoms with Gasteiger partial charge in [0, 0.05) is 0 Å². The summed E-state index contributed by atoms with van der Waals surface area (Å²) in [6, 6.07) is 0. The molecule has 0 aromatic heterocycles. The molecular weight excluding hydrogens is 287 g/mol. The van der Waals surface area contributed by atoms with Crippen LogP contribution >= 0.6 is 0 Å². The zero-order valence-corrected chi connectivity index (χ0v) is 12.6. The Morgan fingerprint density at radius 2 is 1.86 bits per heavy atom. The van der Waals surface area contributed by atoms with Gasteiger partial charge in [-0.3, -0.25) is 0 Å². The second-order valence-corrected chi connectivity index (χ2v) is 1.24. The van der Waals surface area contributed by atoms with E-state index in [1.807, 2.05) is 0 Å². The standard InChI is InChI=1S/C2H4O2.HI.K.Zn/c1-2(3)4;;;/h1H3,(H,3,4);1H;;/q;;2*+1/p-2. The maximum absolute atomic E-state index is 9.62. The molecule has 33 valence electrons. The summed E-state index contributed by atoms with van der Waals surface area (Å²) in [6.07, 6.45) is 0. The van der Waals surface area contributed by atoms with Gasteiger partial charge in [-0.2, -0.15) is 0 Å². The average molecular weight is 290 g/mol. The molecule has 0 aromatic rings. The van der Waals surface area contributed by atoms with E-state index < -0.39 is 0 Å². The van der Waals surface area contributed by atoms with Crippen LogP contribution in [-0.4, -0.2) is 5.97 Å². The van der Waals surface area contributed by atoms with Crippen molar-refractivity contribution in [2.45, 2.75) is 6.92 Å². The minimum absolute atomic E-state index is 0. The van der Waals surface area contributed by atoms with Gasteiger partial charge < -0.3 is 24.0 Å². The first-order valence-electron chi connectivity index (χ1n) is 1.20. The summed E-state index contributed by atoms with van der Waals surface area (Å²) in [5.74, 6) is -0.190. The molecule has 0 saturated carbocycles. The first kappa shape index (κ1) is 16.2. The van der Waals surface area contributed by atoms with Gasteiger partial charge in [-0.25, -0.2) is 0 Å². The second-order valence-electron chi connectivity index (χ2n) is 0.636. The molecule has 2 nitrogen and oxygen atoms in total. The summed E-state index contributed by atoms with van der Waals surface area (Å²) >= 11 is 0.606. The van der Waals surface area contributed by atoms with Crippen LogP contribution in [0.3, 0.4) is 0 Å². The van der Waals surface area contributed by atoms with Crippen molar-refractivity contribution in [1.29, 1.82) is 0 Å². The van der Waals surface area contributed by atoms with Crippen molar-refractivity contribution in [1.82, 2.24) is 0 Å². The third-order valence-electron chi connectivity index (χ3n) is 0.203. The van der Waals surface area contributed by atoms with E-state index in [-0.39, 0.29) is 81.3 Å². The monoisotopic (exact) mass is 289 g/mol. The van der Waals surface area contributed by atoms with Crippen LogP contribution < -0.4 is 75.4 Å². The fourth-order valence-corrected chi connectivity index (χ4v) is 0. The van der Waals surface area contributed by atoms with Gasteiger partial charge in [0.1, 0.15) is 0 Å². The number of carbonyl (C=O) groups excluding carboxylic acids is 1. The minimum atomic E-state index is -0.190. The van der Waals surface area contributed by atoms with Gasteiger partial charge in [0.15, 0.2) is 0 Å². The number of hydrogen-bond donors (Lipinski definition) is 0. The molecule has 7 heavy (non-hydrogen) atoms. The van der Waals surface area contributed by atoms with Crippen LogP contribution in [0.4, 0.5) is 0 Å². The molecule has 0 heterocycles. The van der Waals surface area contributed by atoms with Crippen molar-refractivity contribution in [3.8, 4) is 0 Å². The molecule has 0 aliphatic carbocycles. The van der Waals surface area contributed by atoms with E-state index in [9.17, 15) is 4.79 Å². The number of hydrogen-bond acceptors (Lipinski definition) is 2. The normalized spacial score (nSPS) is 5.00. The molecule has 0 aliphatic rings. The Hall–Kier alpha value is 2.46. The average Bonchev–Trinajstić information content (AvgIpc) is 1.38. The third kappa shape index (κ3) is 17.7. The van der Waals surface area contributed by atoms with Crippen molar-refractivity contribution >= 4 is 5.97 Å².